The molecule has 0 saturated heterocycles. The number of aliphatic hydroxyl groups is 2. The third-order valence-electron chi connectivity index (χ3n) is 1.73. The fraction of sp³-hybridized carbons (Fsp3) is 0.400. The SMILES string of the molecule is OCCN(CCO)Sc1cccc(Br)c1. The van der Waals surface area contributed by atoms with Gasteiger partial charge in [-0.1, -0.05) is 22.0 Å². The van der Waals surface area contributed by atoms with Gasteiger partial charge in [0.1, 0.15) is 0 Å². The Morgan fingerprint density at radius 3 is 2.40 bits per heavy atom. The number of hydrogen-bond acceptors (Lipinski definition) is 4. The summed E-state index contributed by atoms with van der Waals surface area (Å²) in [5.41, 5.74) is 0. The van der Waals surface area contributed by atoms with Crippen LogP contribution in [0.5, 0.6) is 0 Å². The molecule has 3 nitrogen and oxygen atoms in total. The lowest BCUT2D eigenvalue weighted by Crippen LogP contribution is -2.22. The van der Waals surface area contributed by atoms with Gasteiger partial charge in [-0.05, 0) is 30.1 Å². The first kappa shape index (κ1) is 13.0. The molecule has 0 fully saturated rings. The molecule has 5 heteroatoms. The lowest BCUT2D eigenvalue weighted by molar-refractivity contribution is 0.226. The van der Waals surface area contributed by atoms with Crippen molar-refractivity contribution in [3.63, 3.8) is 0 Å². The summed E-state index contributed by atoms with van der Waals surface area (Å²) in [6, 6.07) is 7.93. The quantitative estimate of drug-likeness (QED) is 0.784. The Kier molecular flexibility index (Phi) is 6.28. The van der Waals surface area contributed by atoms with Gasteiger partial charge in [0.2, 0.25) is 0 Å². The van der Waals surface area contributed by atoms with E-state index < -0.39 is 0 Å². The van der Waals surface area contributed by atoms with E-state index in [0.29, 0.717) is 13.1 Å². The fourth-order valence-electron chi connectivity index (χ4n) is 1.10. The maximum Gasteiger partial charge on any atom is 0.0568 e. The first-order valence-corrected chi connectivity index (χ1v) is 6.23. The van der Waals surface area contributed by atoms with Crippen LogP contribution in [0.1, 0.15) is 0 Å². The predicted octanol–water partition coefficient (Wildman–Crippen LogP) is 1.74. The van der Waals surface area contributed by atoms with Crippen LogP contribution in [0, 0.1) is 0 Å². The summed E-state index contributed by atoms with van der Waals surface area (Å²) in [7, 11) is 0. The average molecular weight is 292 g/mol. The van der Waals surface area contributed by atoms with E-state index in [9.17, 15) is 0 Å². The minimum absolute atomic E-state index is 0.0982. The van der Waals surface area contributed by atoms with Crippen LogP contribution >= 0.6 is 27.9 Å². The molecule has 0 heterocycles. The number of nitrogens with zero attached hydrogens (tertiary/aromatic N) is 1. The van der Waals surface area contributed by atoms with E-state index in [1.165, 1.54) is 11.9 Å². The molecule has 0 aliphatic rings. The summed E-state index contributed by atoms with van der Waals surface area (Å²) in [5, 5.41) is 17.7. The van der Waals surface area contributed by atoms with Crippen LogP contribution in [0.2, 0.25) is 0 Å². The van der Waals surface area contributed by atoms with Crippen LogP contribution in [0.15, 0.2) is 33.6 Å². The van der Waals surface area contributed by atoms with E-state index >= 15 is 0 Å². The second-order valence-corrected chi connectivity index (χ2v) is 5.01. The Morgan fingerprint density at radius 2 is 1.87 bits per heavy atom. The van der Waals surface area contributed by atoms with Crippen molar-refractivity contribution < 1.29 is 10.2 Å². The number of halogens is 1. The van der Waals surface area contributed by atoms with Crippen LogP contribution in [-0.2, 0) is 0 Å². The standard InChI is InChI=1S/C10H14BrNO2S/c11-9-2-1-3-10(8-9)15-12(4-6-13)5-7-14/h1-3,8,13-14H,4-7H2. The Bertz CT molecular complexity index is 293. The highest BCUT2D eigenvalue weighted by atomic mass is 79.9. The molecule has 0 bridgehead atoms. The summed E-state index contributed by atoms with van der Waals surface area (Å²) in [5.74, 6) is 0. The number of hydrogen-bond donors (Lipinski definition) is 2. The molecule has 0 radical (unpaired) electrons. The van der Waals surface area contributed by atoms with Crippen molar-refractivity contribution in [1.29, 1.82) is 0 Å². The molecule has 2 N–H and O–H groups in total. The first-order chi connectivity index (χ1) is 7.26. The molecule has 0 saturated carbocycles. The van der Waals surface area contributed by atoms with Crippen molar-refractivity contribution in [2.24, 2.45) is 0 Å². The van der Waals surface area contributed by atoms with Crippen molar-refractivity contribution in [1.82, 2.24) is 4.31 Å². The van der Waals surface area contributed by atoms with E-state index in [1.54, 1.807) is 0 Å². The molecule has 84 valence electrons. The maximum absolute atomic E-state index is 8.85. The van der Waals surface area contributed by atoms with E-state index in [0.717, 1.165) is 9.37 Å². The van der Waals surface area contributed by atoms with E-state index in [-0.39, 0.29) is 13.2 Å². The van der Waals surface area contributed by atoms with E-state index in [1.807, 2.05) is 28.6 Å². The minimum atomic E-state index is 0.0982. The molecule has 1 aromatic rings. The molecule has 0 aliphatic carbocycles. The molecule has 1 rings (SSSR count). The molecule has 0 atom stereocenters. The first-order valence-electron chi connectivity index (χ1n) is 4.66. The normalized spacial score (nSPS) is 10.9. The molecule has 0 amide bonds. The van der Waals surface area contributed by atoms with Gasteiger partial charge in [0.25, 0.3) is 0 Å². The molecule has 0 unspecified atom stereocenters. The molecular weight excluding hydrogens is 278 g/mol. The van der Waals surface area contributed by atoms with Crippen molar-refractivity contribution >= 4 is 27.9 Å². The number of benzene rings is 1. The molecule has 0 aromatic heterocycles. The molecule has 1 aromatic carbocycles. The van der Waals surface area contributed by atoms with Crippen molar-refractivity contribution in [3.8, 4) is 0 Å². The van der Waals surface area contributed by atoms with Gasteiger partial charge < -0.3 is 10.2 Å². The van der Waals surface area contributed by atoms with E-state index in [4.69, 9.17) is 10.2 Å². The second kappa shape index (κ2) is 7.24. The molecule has 0 aliphatic heterocycles. The van der Waals surface area contributed by atoms with Crippen molar-refractivity contribution in [2.45, 2.75) is 4.90 Å². The minimum Gasteiger partial charge on any atom is -0.395 e. The van der Waals surface area contributed by atoms with Gasteiger partial charge in [-0.15, -0.1) is 0 Å². The van der Waals surface area contributed by atoms with Gasteiger partial charge in [0.05, 0.1) is 13.2 Å². The Morgan fingerprint density at radius 1 is 1.20 bits per heavy atom. The molecular formula is C10H14BrNO2S. The highest BCUT2D eigenvalue weighted by Gasteiger charge is 2.05. The van der Waals surface area contributed by atoms with Crippen LogP contribution in [0.25, 0.3) is 0 Å². The fourth-order valence-corrected chi connectivity index (χ4v) is 2.61. The largest absolute Gasteiger partial charge is 0.395 e. The second-order valence-electron chi connectivity index (χ2n) is 2.92. The van der Waals surface area contributed by atoms with Gasteiger partial charge in [0.15, 0.2) is 0 Å². The summed E-state index contributed by atoms with van der Waals surface area (Å²) in [4.78, 5) is 1.09. The van der Waals surface area contributed by atoms with Crippen LogP contribution < -0.4 is 0 Å². The highest BCUT2D eigenvalue weighted by Crippen LogP contribution is 2.24. The topological polar surface area (TPSA) is 43.7 Å². The Hall–Kier alpha value is -0.0700. The predicted molar refractivity (Wildman–Crippen MR) is 65.7 cm³/mol. The van der Waals surface area contributed by atoms with Crippen molar-refractivity contribution in [3.05, 3.63) is 28.7 Å². The highest BCUT2D eigenvalue weighted by molar-refractivity contribution is 9.10. The van der Waals surface area contributed by atoms with Gasteiger partial charge >= 0.3 is 0 Å². The lowest BCUT2D eigenvalue weighted by Gasteiger charge is -2.18. The third kappa shape index (κ3) is 4.99. The van der Waals surface area contributed by atoms with Gasteiger partial charge in [-0.3, -0.25) is 0 Å². The maximum atomic E-state index is 8.85. The summed E-state index contributed by atoms with van der Waals surface area (Å²) in [6.07, 6.45) is 0. The summed E-state index contributed by atoms with van der Waals surface area (Å²) in [6.45, 7) is 1.30. The number of aliphatic hydroxyl groups excluding tert-OH is 2. The van der Waals surface area contributed by atoms with E-state index in [2.05, 4.69) is 15.9 Å². The van der Waals surface area contributed by atoms with Gasteiger partial charge in [0, 0.05) is 22.5 Å². The van der Waals surface area contributed by atoms with Gasteiger partial charge in [-0.25, -0.2) is 4.31 Å². The summed E-state index contributed by atoms with van der Waals surface area (Å²) < 4.78 is 2.96. The zero-order valence-corrected chi connectivity index (χ0v) is 10.7. The number of rotatable bonds is 6. The smallest absolute Gasteiger partial charge is 0.0568 e. The Balaban J connectivity index is 2.56. The lowest BCUT2D eigenvalue weighted by atomic mass is 10.4. The molecule has 15 heavy (non-hydrogen) atoms. The van der Waals surface area contributed by atoms with Crippen molar-refractivity contribution in [2.75, 3.05) is 26.3 Å². The Labute approximate surface area is 102 Å². The zero-order valence-electron chi connectivity index (χ0n) is 8.27. The molecule has 0 spiro atoms. The van der Waals surface area contributed by atoms with Crippen LogP contribution in [0.3, 0.4) is 0 Å². The zero-order chi connectivity index (χ0) is 11.1. The van der Waals surface area contributed by atoms with Crippen LogP contribution in [-0.4, -0.2) is 40.8 Å². The summed E-state index contributed by atoms with van der Waals surface area (Å²) >= 11 is 4.93. The monoisotopic (exact) mass is 291 g/mol. The average Bonchev–Trinajstić information content (AvgIpc) is 2.18. The van der Waals surface area contributed by atoms with Gasteiger partial charge in [-0.2, -0.15) is 0 Å². The third-order valence-corrected chi connectivity index (χ3v) is 3.31. The van der Waals surface area contributed by atoms with Crippen LogP contribution in [0.4, 0.5) is 0 Å².